The van der Waals surface area contributed by atoms with E-state index in [9.17, 15) is 0 Å². The normalized spacial score (nSPS) is 10.3. The van der Waals surface area contributed by atoms with Crippen LogP contribution in [0.2, 0.25) is 0 Å². The van der Waals surface area contributed by atoms with Crippen LogP contribution >= 0.6 is 24.0 Å². The highest BCUT2D eigenvalue weighted by molar-refractivity contribution is 6.17. The van der Waals surface area contributed by atoms with E-state index in [1.807, 2.05) is 0 Å². The summed E-state index contributed by atoms with van der Waals surface area (Å²) in [6, 6.07) is 0. The molecule has 0 aliphatic carbocycles. The van der Waals surface area contributed by atoms with Gasteiger partial charge in [-0.1, -0.05) is 26.7 Å². The Kier molecular flexibility index (Phi) is 16.4. The molecule has 1 nitrogen and oxygen atoms in total. The smallest absolute Gasteiger partial charge is 0.0235 e. The quantitative estimate of drug-likeness (QED) is 0.553. The standard InChI is InChI=1S/C11H24ClN.ClH/c1-3-5-9-13(10-6-4-2)11-7-8-12;/h3-11H2,1-2H3;1H. The van der Waals surface area contributed by atoms with Crippen LogP contribution in [0.3, 0.4) is 0 Å². The first kappa shape index (κ1) is 17.0. The summed E-state index contributed by atoms with van der Waals surface area (Å²) in [6.45, 7) is 8.20. The number of hydrogen-bond acceptors (Lipinski definition) is 1. The van der Waals surface area contributed by atoms with Gasteiger partial charge in [0.25, 0.3) is 0 Å². The summed E-state index contributed by atoms with van der Waals surface area (Å²) in [5.74, 6) is 0.800. The van der Waals surface area contributed by atoms with Crippen LogP contribution in [-0.2, 0) is 0 Å². The summed E-state index contributed by atoms with van der Waals surface area (Å²) in [6.07, 6.45) is 6.37. The van der Waals surface area contributed by atoms with Gasteiger partial charge in [-0.15, -0.1) is 24.0 Å². The van der Waals surface area contributed by atoms with E-state index in [1.165, 1.54) is 45.3 Å². The zero-order valence-corrected chi connectivity index (χ0v) is 11.2. The maximum absolute atomic E-state index is 5.69. The van der Waals surface area contributed by atoms with Crippen molar-refractivity contribution in [1.29, 1.82) is 0 Å². The van der Waals surface area contributed by atoms with Crippen LogP contribution in [-0.4, -0.2) is 30.4 Å². The Balaban J connectivity index is 0. The number of rotatable bonds is 9. The topological polar surface area (TPSA) is 3.24 Å². The Morgan fingerprint density at radius 2 is 1.29 bits per heavy atom. The van der Waals surface area contributed by atoms with Gasteiger partial charge in [-0.2, -0.15) is 0 Å². The Morgan fingerprint density at radius 1 is 0.857 bits per heavy atom. The molecule has 0 aromatic carbocycles. The fourth-order valence-electron chi connectivity index (χ4n) is 1.38. The molecule has 0 aromatic rings. The summed E-state index contributed by atoms with van der Waals surface area (Å²) < 4.78 is 0. The number of hydrogen-bond donors (Lipinski definition) is 0. The molecule has 0 saturated carbocycles. The molecule has 0 saturated heterocycles. The maximum Gasteiger partial charge on any atom is 0.0235 e. The summed E-state index contributed by atoms with van der Waals surface area (Å²) >= 11 is 5.69. The van der Waals surface area contributed by atoms with Crippen LogP contribution in [0.25, 0.3) is 0 Å². The molecule has 0 N–H and O–H groups in total. The zero-order chi connectivity index (χ0) is 9.94. The van der Waals surface area contributed by atoms with Crippen molar-refractivity contribution in [2.45, 2.75) is 46.0 Å². The van der Waals surface area contributed by atoms with Crippen LogP contribution < -0.4 is 0 Å². The monoisotopic (exact) mass is 241 g/mol. The molecule has 0 aromatic heterocycles. The second-order valence-corrected chi connectivity index (χ2v) is 3.97. The minimum absolute atomic E-state index is 0. The molecule has 0 heterocycles. The molecule has 0 aliphatic heterocycles. The van der Waals surface area contributed by atoms with Gasteiger partial charge >= 0.3 is 0 Å². The highest BCUT2D eigenvalue weighted by Crippen LogP contribution is 2.00. The van der Waals surface area contributed by atoms with Crippen LogP contribution in [0.5, 0.6) is 0 Å². The first-order valence-corrected chi connectivity index (χ1v) is 6.16. The lowest BCUT2D eigenvalue weighted by molar-refractivity contribution is 0.266. The molecule has 0 fully saturated rings. The third kappa shape index (κ3) is 10.6. The van der Waals surface area contributed by atoms with E-state index < -0.39 is 0 Å². The first-order valence-electron chi connectivity index (χ1n) is 5.63. The lowest BCUT2D eigenvalue weighted by Crippen LogP contribution is -2.27. The van der Waals surface area contributed by atoms with Gasteiger partial charge in [0.15, 0.2) is 0 Å². The third-order valence-electron chi connectivity index (χ3n) is 2.26. The van der Waals surface area contributed by atoms with Crippen LogP contribution in [0.15, 0.2) is 0 Å². The van der Waals surface area contributed by atoms with Crippen molar-refractivity contribution < 1.29 is 0 Å². The van der Waals surface area contributed by atoms with E-state index in [2.05, 4.69) is 18.7 Å². The van der Waals surface area contributed by atoms with Crippen molar-refractivity contribution in [3.8, 4) is 0 Å². The van der Waals surface area contributed by atoms with Gasteiger partial charge in [0.2, 0.25) is 0 Å². The van der Waals surface area contributed by atoms with E-state index in [1.54, 1.807) is 0 Å². The molecule has 0 rings (SSSR count). The molecule has 0 bridgehead atoms. The molecule has 14 heavy (non-hydrogen) atoms. The van der Waals surface area contributed by atoms with Gasteiger partial charge in [0.05, 0.1) is 0 Å². The Hall–Kier alpha value is 0.540. The predicted octanol–water partition coefficient (Wildman–Crippen LogP) is 3.94. The molecule has 0 spiro atoms. The van der Waals surface area contributed by atoms with Crippen LogP contribution in [0.4, 0.5) is 0 Å². The molecule has 0 aliphatic rings. The summed E-state index contributed by atoms with van der Waals surface area (Å²) in [4.78, 5) is 2.55. The minimum atomic E-state index is 0. The Bertz CT molecular complexity index is 80.3. The third-order valence-corrected chi connectivity index (χ3v) is 2.53. The maximum atomic E-state index is 5.69. The molecule has 0 amide bonds. The minimum Gasteiger partial charge on any atom is -0.303 e. The Morgan fingerprint density at radius 3 is 1.64 bits per heavy atom. The van der Waals surface area contributed by atoms with Gasteiger partial charge in [-0.05, 0) is 38.9 Å². The molecule has 0 unspecified atom stereocenters. The second-order valence-electron chi connectivity index (χ2n) is 3.59. The van der Waals surface area contributed by atoms with Gasteiger partial charge in [-0.3, -0.25) is 0 Å². The molecular weight excluding hydrogens is 217 g/mol. The molecule has 0 atom stereocenters. The predicted molar refractivity (Wildman–Crippen MR) is 68.8 cm³/mol. The van der Waals surface area contributed by atoms with Crippen molar-refractivity contribution in [3.05, 3.63) is 0 Å². The fourth-order valence-corrected chi connectivity index (χ4v) is 1.50. The van der Waals surface area contributed by atoms with E-state index in [-0.39, 0.29) is 12.4 Å². The molecule has 0 radical (unpaired) electrons. The number of alkyl halides is 1. The highest BCUT2D eigenvalue weighted by atomic mass is 35.5. The summed E-state index contributed by atoms with van der Waals surface area (Å²) in [5, 5.41) is 0. The zero-order valence-electron chi connectivity index (χ0n) is 9.60. The summed E-state index contributed by atoms with van der Waals surface area (Å²) in [5.41, 5.74) is 0. The van der Waals surface area contributed by atoms with Crippen molar-refractivity contribution in [2.24, 2.45) is 0 Å². The van der Waals surface area contributed by atoms with Crippen molar-refractivity contribution in [1.82, 2.24) is 4.90 Å². The number of nitrogens with zero attached hydrogens (tertiary/aromatic N) is 1. The largest absolute Gasteiger partial charge is 0.303 e. The first-order chi connectivity index (χ1) is 6.35. The average Bonchev–Trinajstić information content (AvgIpc) is 2.17. The lowest BCUT2D eigenvalue weighted by Gasteiger charge is -2.21. The van der Waals surface area contributed by atoms with Crippen LogP contribution in [0, 0.1) is 0 Å². The molecular formula is C11H25Cl2N. The summed E-state index contributed by atoms with van der Waals surface area (Å²) in [7, 11) is 0. The van der Waals surface area contributed by atoms with Crippen LogP contribution in [0.1, 0.15) is 46.0 Å². The van der Waals surface area contributed by atoms with Gasteiger partial charge in [-0.25, -0.2) is 0 Å². The number of halogens is 2. The van der Waals surface area contributed by atoms with E-state index >= 15 is 0 Å². The number of unbranched alkanes of at least 4 members (excludes halogenated alkanes) is 2. The highest BCUT2D eigenvalue weighted by Gasteiger charge is 2.02. The average molecular weight is 242 g/mol. The second kappa shape index (κ2) is 13.5. The van der Waals surface area contributed by atoms with Crippen molar-refractivity contribution in [2.75, 3.05) is 25.5 Å². The van der Waals surface area contributed by atoms with Crippen molar-refractivity contribution in [3.63, 3.8) is 0 Å². The van der Waals surface area contributed by atoms with E-state index in [0.29, 0.717) is 0 Å². The van der Waals surface area contributed by atoms with Gasteiger partial charge in [0.1, 0.15) is 0 Å². The lowest BCUT2D eigenvalue weighted by atomic mass is 10.2. The van der Waals surface area contributed by atoms with E-state index in [0.717, 1.165) is 12.3 Å². The molecule has 88 valence electrons. The van der Waals surface area contributed by atoms with Crippen molar-refractivity contribution >= 4 is 24.0 Å². The van der Waals surface area contributed by atoms with Gasteiger partial charge in [0, 0.05) is 5.88 Å². The van der Waals surface area contributed by atoms with E-state index in [4.69, 9.17) is 11.6 Å². The Labute approximate surface area is 101 Å². The SMILES string of the molecule is CCCCN(CCCC)CCCCl.Cl. The molecule has 3 heteroatoms. The fraction of sp³-hybridized carbons (Fsp3) is 1.00. The van der Waals surface area contributed by atoms with Gasteiger partial charge < -0.3 is 4.90 Å².